The maximum absolute atomic E-state index is 4.37. The molecule has 0 bridgehead atoms. The summed E-state index contributed by atoms with van der Waals surface area (Å²) in [4.78, 5) is 5.68. The molecule has 1 aromatic heterocycles. The molecular formula is C19H28N6S. The van der Waals surface area contributed by atoms with Crippen LogP contribution in [-0.4, -0.2) is 40.6 Å². The number of benzene rings is 1. The van der Waals surface area contributed by atoms with E-state index in [1.54, 1.807) is 11.8 Å². The highest BCUT2D eigenvalue weighted by atomic mass is 32.2. The van der Waals surface area contributed by atoms with E-state index in [0.29, 0.717) is 5.92 Å². The van der Waals surface area contributed by atoms with Crippen LogP contribution in [0.25, 0.3) is 0 Å². The highest BCUT2D eigenvalue weighted by Crippen LogP contribution is 2.22. The van der Waals surface area contributed by atoms with Crippen LogP contribution in [0.2, 0.25) is 0 Å². The van der Waals surface area contributed by atoms with Gasteiger partial charge >= 0.3 is 0 Å². The normalized spacial score (nSPS) is 17.1. The van der Waals surface area contributed by atoms with E-state index in [4.69, 9.17) is 0 Å². The molecule has 0 spiro atoms. The van der Waals surface area contributed by atoms with Crippen LogP contribution in [0, 0.1) is 19.8 Å². The molecule has 1 aliphatic heterocycles. The molecule has 26 heavy (non-hydrogen) atoms. The summed E-state index contributed by atoms with van der Waals surface area (Å²) < 4.78 is 2.24. The van der Waals surface area contributed by atoms with Crippen molar-refractivity contribution in [2.24, 2.45) is 10.9 Å². The number of guanidine groups is 1. The van der Waals surface area contributed by atoms with Crippen molar-refractivity contribution in [3.05, 3.63) is 41.0 Å². The summed E-state index contributed by atoms with van der Waals surface area (Å²) in [6, 6.07) is 6.59. The van der Waals surface area contributed by atoms with E-state index in [-0.39, 0.29) is 0 Å². The zero-order valence-electron chi connectivity index (χ0n) is 16.0. The first-order valence-electron chi connectivity index (χ1n) is 9.07. The van der Waals surface area contributed by atoms with Crippen LogP contribution >= 0.6 is 11.8 Å². The second-order valence-corrected chi connectivity index (χ2v) is 7.65. The predicted molar refractivity (Wildman–Crippen MR) is 108 cm³/mol. The summed E-state index contributed by atoms with van der Waals surface area (Å²) in [5, 5.41) is 15.3. The summed E-state index contributed by atoms with van der Waals surface area (Å²) in [7, 11) is 1.82. The van der Waals surface area contributed by atoms with Gasteiger partial charge in [0.05, 0.1) is 0 Å². The number of aliphatic imine (C=N–C) groups is 1. The monoisotopic (exact) mass is 372 g/mol. The second kappa shape index (κ2) is 8.58. The lowest BCUT2D eigenvalue weighted by atomic mass is 9.99. The third-order valence-corrected chi connectivity index (χ3v) is 5.72. The van der Waals surface area contributed by atoms with Gasteiger partial charge in [0, 0.05) is 38.0 Å². The van der Waals surface area contributed by atoms with Gasteiger partial charge in [0.1, 0.15) is 11.6 Å². The highest BCUT2D eigenvalue weighted by Gasteiger charge is 2.21. The van der Waals surface area contributed by atoms with Crippen LogP contribution in [0.3, 0.4) is 0 Å². The lowest BCUT2D eigenvalue weighted by Crippen LogP contribution is -2.41. The molecule has 140 valence electrons. The molecule has 2 heterocycles. The Kier molecular flexibility index (Phi) is 6.19. The molecule has 2 aromatic rings. The molecule has 3 rings (SSSR count). The topological polar surface area (TPSA) is 67.1 Å². The Morgan fingerprint density at radius 3 is 2.92 bits per heavy atom. The Morgan fingerprint density at radius 2 is 2.15 bits per heavy atom. The van der Waals surface area contributed by atoms with Crippen molar-refractivity contribution in [1.29, 1.82) is 0 Å². The van der Waals surface area contributed by atoms with Gasteiger partial charge in [-0.25, -0.2) is 0 Å². The number of fused-ring (bicyclic) bond motifs is 1. The molecule has 0 radical (unpaired) electrons. The van der Waals surface area contributed by atoms with Gasteiger partial charge in [0.2, 0.25) is 0 Å². The molecule has 6 nitrogen and oxygen atoms in total. The molecule has 0 fully saturated rings. The molecule has 1 unspecified atom stereocenters. The summed E-state index contributed by atoms with van der Waals surface area (Å²) in [6.07, 6.45) is 4.26. The lowest BCUT2D eigenvalue weighted by molar-refractivity contribution is 0.358. The van der Waals surface area contributed by atoms with Crippen LogP contribution in [0.4, 0.5) is 0 Å². The molecule has 7 heteroatoms. The average molecular weight is 373 g/mol. The van der Waals surface area contributed by atoms with Crippen LogP contribution in [-0.2, 0) is 19.5 Å². The minimum Gasteiger partial charge on any atom is -0.356 e. The van der Waals surface area contributed by atoms with E-state index in [1.165, 1.54) is 16.0 Å². The summed E-state index contributed by atoms with van der Waals surface area (Å²) >= 11 is 1.79. The quantitative estimate of drug-likeness (QED) is 0.480. The number of rotatable bonds is 5. The number of nitrogens with one attached hydrogen (secondary N) is 2. The van der Waals surface area contributed by atoms with Crippen molar-refractivity contribution in [2.45, 2.75) is 44.7 Å². The van der Waals surface area contributed by atoms with E-state index in [2.05, 4.69) is 61.8 Å². The first-order chi connectivity index (χ1) is 12.6. The fourth-order valence-corrected chi connectivity index (χ4v) is 4.04. The summed E-state index contributed by atoms with van der Waals surface area (Å²) in [6.45, 7) is 6.81. The zero-order chi connectivity index (χ0) is 18.5. The maximum atomic E-state index is 4.37. The molecule has 1 aliphatic rings. The van der Waals surface area contributed by atoms with E-state index >= 15 is 0 Å². The fraction of sp³-hybridized carbons (Fsp3) is 0.526. The van der Waals surface area contributed by atoms with Crippen LogP contribution in [0.5, 0.6) is 0 Å². The Balaban J connectivity index is 1.52. The van der Waals surface area contributed by atoms with Gasteiger partial charge in [0.15, 0.2) is 5.96 Å². The third-order valence-electron chi connectivity index (χ3n) is 4.90. The van der Waals surface area contributed by atoms with Crippen LogP contribution < -0.4 is 10.6 Å². The smallest absolute Gasteiger partial charge is 0.191 e. The number of thioether (sulfide) groups is 1. The van der Waals surface area contributed by atoms with Gasteiger partial charge in [-0.3, -0.25) is 4.99 Å². The van der Waals surface area contributed by atoms with E-state index < -0.39 is 0 Å². The largest absolute Gasteiger partial charge is 0.356 e. The molecule has 1 aromatic carbocycles. The molecule has 0 amide bonds. The summed E-state index contributed by atoms with van der Waals surface area (Å²) in [5.41, 5.74) is 2.59. The van der Waals surface area contributed by atoms with Gasteiger partial charge in [-0.2, -0.15) is 0 Å². The minimum atomic E-state index is 0.567. The van der Waals surface area contributed by atoms with E-state index in [9.17, 15) is 0 Å². The molecule has 1 atom stereocenters. The maximum Gasteiger partial charge on any atom is 0.191 e. The Bertz CT molecular complexity index is 782. The summed E-state index contributed by atoms with van der Waals surface area (Å²) in [5.74, 6) is 3.54. The molecule has 0 aliphatic carbocycles. The van der Waals surface area contributed by atoms with Gasteiger partial charge in [0.25, 0.3) is 0 Å². The zero-order valence-corrected chi connectivity index (χ0v) is 16.9. The third kappa shape index (κ3) is 4.38. The van der Waals surface area contributed by atoms with Gasteiger partial charge < -0.3 is 15.2 Å². The number of aryl methyl sites for hydroxylation is 3. The van der Waals surface area contributed by atoms with Gasteiger partial charge in [-0.15, -0.1) is 22.0 Å². The van der Waals surface area contributed by atoms with Crippen molar-refractivity contribution < 1.29 is 0 Å². The minimum absolute atomic E-state index is 0.567. The van der Waals surface area contributed by atoms with Gasteiger partial charge in [-0.1, -0.05) is 12.1 Å². The number of hydrogen-bond donors (Lipinski definition) is 2. The van der Waals surface area contributed by atoms with Gasteiger partial charge in [-0.05, 0) is 49.6 Å². The van der Waals surface area contributed by atoms with Crippen molar-refractivity contribution in [3.63, 3.8) is 0 Å². The van der Waals surface area contributed by atoms with Crippen molar-refractivity contribution in [3.8, 4) is 0 Å². The number of nitrogens with zero attached hydrogens (tertiary/aromatic N) is 4. The lowest BCUT2D eigenvalue weighted by Gasteiger charge is -2.25. The number of aromatic nitrogens is 3. The molecule has 0 saturated carbocycles. The SMILES string of the molecule is CN=C(NCc1ccc(C)cc1SC)NCC1CCc2nnc(C)n2C1. The van der Waals surface area contributed by atoms with Crippen molar-refractivity contribution in [2.75, 3.05) is 19.8 Å². The fourth-order valence-electron chi connectivity index (χ4n) is 3.33. The Labute approximate surface area is 159 Å². The molecular weight excluding hydrogens is 344 g/mol. The van der Waals surface area contributed by atoms with Crippen molar-refractivity contribution in [1.82, 2.24) is 25.4 Å². The Morgan fingerprint density at radius 1 is 1.31 bits per heavy atom. The van der Waals surface area contributed by atoms with E-state index in [0.717, 1.165) is 50.1 Å². The first-order valence-corrected chi connectivity index (χ1v) is 10.3. The molecule has 0 saturated heterocycles. The van der Waals surface area contributed by atoms with E-state index in [1.807, 2.05) is 14.0 Å². The number of hydrogen-bond acceptors (Lipinski definition) is 4. The first kappa shape index (κ1) is 18.8. The van der Waals surface area contributed by atoms with Crippen LogP contribution in [0.1, 0.15) is 29.2 Å². The van der Waals surface area contributed by atoms with Crippen LogP contribution in [0.15, 0.2) is 28.1 Å². The molecule has 2 N–H and O–H groups in total. The second-order valence-electron chi connectivity index (χ2n) is 6.80. The standard InChI is InChI=1S/C19H28N6S/c1-13-5-7-16(17(9-13)26-4)11-22-19(20-3)21-10-15-6-8-18-24-23-14(2)25(18)12-15/h5,7,9,15H,6,8,10-12H2,1-4H3,(H2,20,21,22). The van der Waals surface area contributed by atoms with Crippen molar-refractivity contribution >= 4 is 17.7 Å². The average Bonchev–Trinajstić information content (AvgIpc) is 3.03. The Hall–Kier alpha value is -2.02. The highest BCUT2D eigenvalue weighted by molar-refractivity contribution is 7.98. The predicted octanol–water partition coefficient (Wildman–Crippen LogP) is 2.54.